The second-order valence-corrected chi connectivity index (χ2v) is 3.82. The first-order chi connectivity index (χ1) is 7.74. The van der Waals surface area contributed by atoms with Gasteiger partial charge in [0.1, 0.15) is 0 Å². The highest BCUT2D eigenvalue weighted by molar-refractivity contribution is 5.94. The summed E-state index contributed by atoms with van der Waals surface area (Å²) in [4.78, 5) is 11.6. The number of amides is 1. The molecule has 0 atom stereocenters. The number of unbranched alkanes of at least 4 members (excludes halogenated alkanes) is 1. The normalized spacial score (nSPS) is 10.1. The first-order valence-electron chi connectivity index (χ1n) is 5.58. The van der Waals surface area contributed by atoms with Gasteiger partial charge in [0.15, 0.2) is 0 Å². The summed E-state index contributed by atoms with van der Waals surface area (Å²) in [5.41, 5.74) is 1.88. The number of carbonyl (C=O) groups excluding carboxylic acids is 1. The van der Waals surface area contributed by atoms with Crippen molar-refractivity contribution >= 4 is 5.91 Å². The number of methoxy groups -OCH3 is 1. The predicted octanol–water partition coefficient (Wildman–Crippen LogP) is 2.15. The highest BCUT2D eigenvalue weighted by Gasteiger charge is 2.03. The Bertz CT molecular complexity index is 319. The van der Waals surface area contributed by atoms with E-state index in [4.69, 9.17) is 4.74 Å². The molecule has 0 aromatic heterocycles. The van der Waals surface area contributed by atoms with Crippen molar-refractivity contribution in [2.45, 2.75) is 19.8 Å². The van der Waals surface area contributed by atoms with E-state index in [9.17, 15) is 4.79 Å². The van der Waals surface area contributed by atoms with E-state index < -0.39 is 0 Å². The van der Waals surface area contributed by atoms with Crippen LogP contribution in [0.25, 0.3) is 0 Å². The molecule has 0 aliphatic carbocycles. The van der Waals surface area contributed by atoms with E-state index in [1.807, 2.05) is 31.2 Å². The minimum Gasteiger partial charge on any atom is -0.385 e. The average Bonchev–Trinajstić information content (AvgIpc) is 2.29. The topological polar surface area (TPSA) is 38.3 Å². The van der Waals surface area contributed by atoms with Gasteiger partial charge in [-0.1, -0.05) is 17.7 Å². The van der Waals surface area contributed by atoms with Crippen molar-refractivity contribution in [1.82, 2.24) is 5.32 Å². The highest BCUT2D eigenvalue weighted by Crippen LogP contribution is 2.02. The fourth-order valence-electron chi connectivity index (χ4n) is 1.38. The standard InChI is InChI=1S/C13H19NO2/c1-11-5-7-12(8-6-11)13(15)14-9-3-4-10-16-2/h5-8H,3-4,9-10H2,1-2H3,(H,14,15). The molecular weight excluding hydrogens is 202 g/mol. The maximum atomic E-state index is 11.6. The molecule has 0 bridgehead atoms. The lowest BCUT2D eigenvalue weighted by Crippen LogP contribution is -2.24. The van der Waals surface area contributed by atoms with Gasteiger partial charge in [0.05, 0.1) is 0 Å². The van der Waals surface area contributed by atoms with Gasteiger partial charge in [0, 0.05) is 25.8 Å². The number of nitrogens with one attached hydrogen (secondary N) is 1. The molecule has 3 nitrogen and oxygen atoms in total. The van der Waals surface area contributed by atoms with Gasteiger partial charge in [-0.3, -0.25) is 4.79 Å². The third-order valence-electron chi connectivity index (χ3n) is 2.37. The third kappa shape index (κ3) is 4.45. The van der Waals surface area contributed by atoms with Gasteiger partial charge in [-0.15, -0.1) is 0 Å². The van der Waals surface area contributed by atoms with Crippen LogP contribution >= 0.6 is 0 Å². The van der Waals surface area contributed by atoms with Crippen molar-refractivity contribution in [3.05, 3.63) is 35.4 Å². The Balaban J connectivity index is 2.27. The van der Waals surface area contributed by atoms with E-state index in [1.54, 1.807) is 7.11 Å². The van der Waals surface area contributed by atoms with Crippen LogP contribution in [0.15, 0.2) is 24.3 Å². The van der Waals surface area contributed by atoms with Gasteiger partial charge in [-0.2, -0.15) is 0 Å². The quantitative estimate of drug-likeness (QED) is 0.747. The minimum atomic E-state index is -0.00239. The maximum absolute atomic E-state index is 11.6. The molecule has 1 aromatic carbocycles. The monoisotopic (exact) mass is 221 g/mol. The van der Waals surface area contributed by atoms with Crippen molar-refractivity contribution in [2.75, 3.05) is 20.3 Å². The predicted molar refractivity (Wildman–Crippen MR) is 64.6 cm³/mol. The molecule has 0 aliphatic rings. The number of aryl methyl sites for hydroxylation is 1. The summed E-state index contributed by atoms with van der Waals surface area (Å²) in [5.74, 6) is -0.00239. The van der Waals surface area contributed by atoms with Crippen LogP contribution in [0.4, 0.5) is 0 Å². The molecule has 3 heteroatoms. The van der Waals surface area contributed by atoms with Crippen LogP contribution < -0.4 is 5.32 Å². The third-order valence-corrected chi connectivity index (χ3v) is 2.37. The maximum Gasteiger partial charge on any atom is 0.251 e. The molecule has 1 amide bonds. The molecule has 0 spiro atoms. The van der Waals surface area contributed by atoms with Crippen molar-refractivity contribution in [1.29, 1.82) is 0 Å². The number of hydrogen-bond acceptors (Lipinski definition) is 2. The Hall–Kier alpha value is -1.35. The fraction of sp³-hybridized carbons (Fsp3) is 0.462. The van der Waals surface area contributed by atoms with Gasteiger partial charge in [0.25, 0.3) is 5.91 Å². The first-order valence-corrected chi connectivity index (χ1v) is 5.58. The number of carbonyl (C=O) groups is 1. The van der Waals surface area contributed by atoms with Crippen LogP contribution in [0.1, 0.15) is 28.8 Å². The number of ether oxygens (including phenoxy) is 1. The molecule has 16 heavy (non-hydrogen) atoms. The van der Waals surface area contributed by atoms with Crippen molar-refractivity contribution in [2.24, 2.45) is 0 Å². The van der Waals surface area contributed by atoms with Gasteiger partial charge in [0.2, 0.25) is 0 Å². The van der Waals surface area contributed by atoms with Gasteiger partial charge in [-0.05, 0) is 31.9 Å². The summed E-state index contributed by atoms with van der Waals surface area (Å²) < 4.78 is 4.93. The van der Waals surface area contributed by atoms with Crippen LogP contribution in [0.3, 0.4) is 0 Å². The lowest BCUT2D eigenvalue weighted by molar-refractivity contribution is 0.0951. The lowest BCUT2D eigenvalue weighted by atomic mass is 10.1. The fourth-order valence-corrected chi connectivity index (χ4v) is 1.38. The summed E-state index contributed by atoms with van der Waals surface area (Å²) in [6, 6.07) is 7.58. The molecule has 1 N–H and O–H groups in total. The zero-order valence-electron chi connectivity index (χ0n) is 9.95. The highest BCUT2D eigenvalue weighted by atomic mass is 16.5. The minimum absolute atomic E-state index is 0.00239. The van der Waals surface area contributed by atoms with Crippen molar-refractivity contribution in [3.8, 4) is 0 Å². The molecule has 0 saturated heterocycles. The number of hydrogen-bond donors (Lipinski definition) is 1. The molecule has 0 saturated carbocycles. The Morgan fingerprint density at radius 2 is 1.94 bits per heavy atom. The molecule has 0 aliphatic heterocycles. The zero-order valence-corrected chi connectivity index (χ0v) is 9.95. The summed E-state index contributed by atoms with van der Waals surface area (Å²) in [5, 5.41) is 2.88. The smallest absolute Gasteiger partial charge is 0.251 e. The number of benzene rings is 1. The average molecular weight is 221 g/mol. The van der Waals surface area contributed by atoms with E-state index in [-0.39, 0.29) is 5.91 Å². The molecule has 1 aromatic rings. The largest absolute Gasteiger partial charge is 0.385 e. The summed E-state index contributed by atoms with van der Waals surface area (Å²) in [6.07, 6.45) is 1.93. The van der Waals surface area contributed by atoms with Crippen LogP contribution in [0, 0.1) is 6.92 Å². The molecule has 88 valence electrons. The Morgan fingerprint density at radius 3 is 2.56 bits per heavy atom. The summed E-state index contributed by atoms with van der Waals surface area (Å²) >= 11 is 0. The number of rotatable bonds is 6. The molecule has 0 fully saturated rings. The molecular formula is C13H19NO2. The van der Waals surface area contributed by atoms with E-state index in [0.29, 0.717) is 6.54 Å². The van der Waals surface area contributed by atoms with Crippen molar-refractivity contribution in [3.63, 3.8) is 0 Å². The second kappa shape index (κ2) is 7.01. The van der Waals surface area contributed by atoms with E-state index in [2.05, 4.69) is 5.32 Å². The SMILES string of the molecule is COCCCCNC(=O)c1ccc(C)cc1. The lowest BCUT2D eigenvalue weighted by Gasteiger charge is -2.05. The van der Waals surface area contributed by atoms with Crippen LogP contribution in [-0.4, -0.2) is 26.2 Å². The van der Waals surface area contributed by atoms with Crippen LogP contribution in [0.2, 0.25) is 0 Å². The van der Waals surface area contributed by atoms with Crippen LogP contribution in [0.5, 0.6) is 0 Å². The molecule has 0 unspecified atom stereocenters. The Labute approximate surface area is 96.8 Å². The Morgan fingerprint density at radius 1 is 1.25 bits per heavy atom. The van der Waals surface area contributed by atoms with Gasteiger partial charge in [-0.25, -0.2) is 0 Å². The van der Waals surface area contributed by atoms with Gasteiger partial charge >= 0.3 is 0 Å². The molecule has 0 radical (unpaired) electrons. The van der Waals surface area contributed by atoms with Crippen molar-refractivity contribution < 1.29 is 9.53 Å². The molecule has 0 heterocycles. The second-order valence-electron chi connectivity index (χ2n) is 3.82. The zero-order chi connectivity index (χ0) is 11.8. The summed E-state index contributed by atoms with van der Waals surface area (Å²) in [7, 11) is 1.69. The van der Waals surface area contributed by atoms with E-state index >= 15 is 0 Å². The molecule has 1 rings (SSSR count). The van der Waals surface area contributed by atoms with Crippen LogP contribution in [-0.2, 0) is 4.74 Å². The van der Waals surface area contributed by atoms with E-state index in [0.717, 1.165) is 30.6 Å². The first kappa shape index (κ1) is 12.7. The Kier molecular flexibility index (Phi) is 5.57. The van der Waals surface area contributed by atoms with E-state index in [1.165, 1.54) is 0 Å². The van der Waals surface area contributed by atoms with Gasteiger partial charge < -0.3 is 10.1 Å². The summed E-state index contributed by atoms with van der Waals surface area (Å²) in [6.45, 7) is 3.46.